The lowest BCUT2D eigenvalue weighted by molar-refractivity contribution is 0.621. The van der Waals surface area contributed by atoms with Crippen LogP contribution in [0.1, 0.15) is 45.4 Å². The van der Waals surface area contributed by atoms with Crippen molar-refractivity contribution in [2.45, 2.75) is 45.4 Å². The van der Waals surface area contributed by atoms with E-state index in [1.807, 2.05) is 0 Å². The van der Waals surface area contributed by atoms with Crippen LogP contribution in [0.5, 0.6) is 0 Å². The van der Waals surface area contributed by atoms with E-state index in [0.717, 1.165) is 0 Å². The number of hydrogen-bond donors (Lipinski definition) is 0. The fraction of sp³-hybridized carbons (Fsp3) is 0.400. The molecule has 0 atom stereocenters. The van der Waals surface area contributed by atoms with Crippen molar-refractivity contribution in [3.8, 4) is 0 Å². The summed E-state index contributed by atoms with van der Waals surface area (Å²) in [4.78, 5) is 0. The van der Waals surface area contributed by atoms with E-state index in [9.17, 15) is 0 Å². The normalized spacial score (nSPS) is 24.3. The third-order valence-corrected chi connectivity index (χ3v) is 5.33. The van der Waals surface area contributed by atoms with Gasteiger partial charge in [-0.05, 0) is 66.7 Å². The summed E-state index contributed by atoms with van der Waals surface area (Å²) in [6.07, 6.45) is 21.6. The van der Waals surface area contributed by atoms with E-state index in [1.165, 1.54) is 38.5 Å². The number of allylic oxidation sites excluding steroid dienone is 12. The lowest BCUT2D eigenvalue weighted by atomic mass is 9.75. The molecule has 0 aromatic heterocycles. The third kappa shape index (κ3) is 1.82. The van der Waals surface area contributed by atoms with Crippen molar-refractivity contribution in [2.75, 3.05) is 0 Å². The van der Waals surface area contributed by atoms with Gasteiger partial charge < -0.3 is 0 Å². The Hall–Kier alpha value is -1.56. The molecule has 0 aromatic rings. The minimum absolute atomic E-state index is 0.623. The summed E-state index contributed by atoms with van der Waals surface area (Å²) in [6, 6.07) is 0. The molecule has 4 aliphatic rings. The van der Waals surface area contributed by atoms with Gasteiger partial charge in [-0.3, -0.25) is 0 Å². The molecule has 0 aromatic carbocycles. The van der Waals surface area contributed by atoms with Crippen molar-refractivity contribution < 1.29 is 0 Å². The Balaban J connectivity index is 1.76. The first kappa shape index (κ1) is 12.2. The second-order valence-electron chi connectivity index (χ2n) is 6.41. The van der Waals surface area contributed by atoms with E-state index in [0.29, 0.717) is 5.92 Å². The van der Waals surface area contributed by atoms with Gasteiger partial charge in [0.25, 0.3) is 0 Å². The molecule has 0 fully saturated rings. The van der Waals surface area contributed by atoms with Gasteiger partial charge in [0.05, 0.1) is 0 Å². The molecule has 0 amide bonds. The Morgan fingerprint density at radius 3 is 1.75 bits per heavy atom. The standard InChI is InChI=1S/C20H22/c1-14(17-10-2-6-15-8-4-12-19(15)17)18-11-3-7-16-9-5-13-20(16)18/h4-5,8-9,12-14H,2-3,6-7,10-11H2,1H3. The van der Waals surface area contributed by atoms with Crippen LogP contribution in [0.2, 0.25) is 0 Å². The summed E-state index contributed by atoms with van der Waals surface area (Å²) in [6.45, 7) is 2.44. The van der Waals surface area contributed by atoms with Crippen molar-refractivity contribution in [3.05, 3.63) is 69.9 Å². The zero-order chi connectivity index (χ0) is 13.5. The number of hydrogen-bond acceptors (Lipinski definition) is 0. The van der Waals surface area contributed by atoms with Crippen LogP contribution in [0, 0.1) is 5.92 Å². The lowest BCUT2D eigenvalue weighted by Crippen LogP contribution is -2.14. The van der Waals surface area contributed by atoms with Crippen LogP contribution in [0.3, 0.4) is 0 Å². The molecule has 0 heterocycles. The van der Waals surface area contributed by atoms with Gasteiger partial charge in [-0.1, -0.05) is 54.5 Å². The van der Waals surface area contributed by atoms with Gasteiger partial charge in [-0.25, -0.2) is 0 Å². The molecule has 102 valence electrons. The highest BCUT2D eigenvalue weighted by molar-refractivity contribution is 5.57. The van der Waals surface area contributed by atoms with E-state index in [-0.39, 0.29) is 0 Å². The maximum Gasteiger partial charge on any atom is -0.000322 e. The largest absolute Gasteiger partial charge is 0.0614 e. The zero-order valence-corrected chi connectivity index (χ0v) is 12.3. The molecule has 0 N–H and O–H groups in total. The van der Waals surface area contributed by atoms with Gasteiger partial charge in [0.1, 0.15) is 0 Å². The Morgan fingerprint density at radius 2 is 1.25 bits per heavy atom. The molecule has 20 heavy (non-hydrogen) atoms. The molecule has 0 saturated carbocycles. The van der Waals surface area contributed by atoms with Gasteiger partial charge in [0.15, 0.2) is 0 Å². The van der Waals surface area contributed by atoms with Crippen LogP contribution < -0.4 is 0 Å². The molecule has 0 unspecified atom stereocenters. The minimum atomic E-state index is 0.623. The second-order valence-corrected chi connectivity index (χ2v) is 6.41. The van der Waals surface area contributed by atoms with Crippen molar-refractivity contribution in [1.82, 2.24) is 0 Å². The molecule has 0 heteroatoms. The summed E-state index contributed by atoms with van der Waals surface area (Å²) >= 11 is 0. The molecular weight excluding hydrogens is 240 g/mol. The summed E-state index contributed by atoms with van der Waals surface area (Å²) in [5.74, 6) is 0.623. The molecule has 4 rings (SSSR count). The highest BCUT2D eigenvalue weighted by atomic mass is 14.3. The smallest absolute Gasteiger partial charge is 0.000322 e. The van der Waals surface area contributed by atoms with Crippen LogP contribution in [-0.4, -0.2) is 0 Å². The van der Waals surface area contributed by atoms with Crippen molar-refractivity contribution >= 4 is 0 Å². The van der Waals surface area contributed by atoms with Crippen LogP contribution in [0.25, 0.3) is 0 Å². The SMILES string of the molecule is CC(C1=C2C=CC=C2CCC1)C1=C2C=CC=C2CCC1. The number of fused-ring (bicyclic) bond motifs is 2. The lowest BCUT2D eigenvalue weighted by Gasteiger charge is -2.30. The average molecular weight is 262 g/mol. The summed E-state index contributed by atoms with van der Waals surface area (Å²) < 4.78 is 0. The maximum absolute atomic E-state index is 2.44. The Kier molecular flexibility index (Phi) is 2.91. The first-order chi connectivity index (χ1) is 9.84. The van der Waals surface area contributed by atoms with Crippen LogP contribution in [0.15, 0.2) is 69.9 Å². The van der Waals surface area contributed by atoms with Gasteiger partial charge in [0.2, 0.25) is 0 Å². The second kappa shape index (κ2) is 4.77. The molecule has 0 aliphatic heterocycles. The molecular formula is C20H22. The first-order valence-electron chi connectivity index (χ1n) is 8.06. The molecule has 0 radical (unpaired) electrons. The minimum Gasteiger partial charge on any atom is -0.0614 e. The van der Waals surface area contributed by atoms with Gasteiger partial charge in [-0.15, -0.1) is 0 Å². The molecule has 0 nitrogen and oxygen atoms in total. The van der Waals surface area contributed by atoms with Gasteiger partial charge in [-0.2, -0.15) is 0 Å². The van der Waals surface area contributed by atoms with E-state index in [2.05, 4.69) is 43.4 Å². The monoisotopic (exact) mass is 262 g/mol. The zero-order valence-electron chi connectivity index (χ0n) is 12.3. The highest BCUT2D eigenvalue weighted by Gasteiger charge is 2.27. The quantitative estimate of drug-likeness (QED) is 0.609. The average Bonchev–Trinajstić information content (AvgIpc) is 3.13. The van der Waals surface area contributed by atoms with Crippen LogP contribution in [0.4, 0.5) is 0 Å². The summed E-state index contributed by atoms with van der Waals surface area (Å²) in [5, 5.41) is 0. The number of rotatable bonds is 2. The molecule has 4 aliphatic carbocycles. The molecule has 0 saturated heterocycles. The summed E-state index contributed by atoms with van der Waals surface area (Å²) in [5.41, 5.74) is 9.68. The Labute approximate surface area is 122 Å². The van der Waals surface area contributed by atoms with Crippen molar-refractivity contribution in [2.24, 2.45) is 5.92 Å². The summed E-state index contributed by atoms with van der Waals surface area (Å²) in [7, 11) is 0. The Bertz CT molecular complexity index is 573. The third-order valence-electron chi connectivity index (χ3n) is 5.33. The van der Waals surface area contributed by atoms with Gasteiger partial charge in [0, 0.05) is 0 Å². The van der Waals surface area contributed by atoms with Crippen LogP contribution in [-0.2, 0) is 0 Å². The van der Waals surface area contributed by atoms with E-state index >= 15 is 0 Å². The van der Waals surface area contributed by atoms with E-state index in [1.54, 1.807) is 33.4 Å². The molecule has 0 spiro atoms. The van der Waals surface area contributed by atoms with Crippen molar-refractivity contribution in [1.29, 1.82) is 0 Å². The molecule has 0 bridgehead atoms. The fourth-order valence-corrected chi connectivity index (χ4v) is 4.29. The maximum atomic E-state index is 2.44. The van der Waals surface area contributed by atoms with Crippen molar-refractivity contribution in [3.63, 3.8) is 0 Å². The Morgan fingerprint density at radius 1 is 0.750 bits per heavy atom. The first-order valence-corrected chi connectivity index (χ1v) is 8.06. The topological polar surface area (TPSA) is 0 Å². The predicted molar refractivity (Wildman–Crippen MR) is 85.4 cm³/mol. The van der Waals surface area contributed by atoms with E-state index in [4.69, 9.17) is 0 Å². The highest BCUT2D eigenvalue weighted by Crippen LogP contribution is 2.44. The predicted octanol–water partition coefficient (Wildman–Crippen LogP) is 5.58. The van der Waals surface area contributed by atoms with E-state index < -0.39 is 0 Å². The van der Waals surface area contributed by atoms with Crippen LogP contribution >= 0.6 is 0 Å². The van der Waals surface area contributed by atoms with Gasteiger partial charge >= 0.3 is 0 Å². The fourth-order valence-electron chi connectivity index (χ4n) is 4.29.